The SMILES string of the molecule is COCC(O)CNC1CCN(C2CC2)C1. The van der Waals surface area contributed by atoms with Crippen molar-refractivity contribution in [1.82, 2.24) is 10.2 Å². The molecule has 0 aromatic rings. The van der Waals surface area contributed by atoms with Gasteiger partial charge in [-0.15, -0.1) is 0 Å². The van der Waals surface area contributed by atoms with Crippen molar-refractivity contribution in [2.75, 3.05) is 33.4 Å². The molecule has 2 unspecified atom stereocenters. The molecule has 0 radical (unpaired) electrons. The average molecular weight is 214 g/mol. The number of methoxy groups -OCH3 is 1. The summed E-state index contributed by atoms with van der Waals surface area (Å²) in [5.41, 5.74) is 0. The van der Waals surface area contributed by atoms with Gasteiger partial charge in [0.1, 0.15) is 0 Å². The third kappa shape index (κ3) is 3.41. The second-order valence-electron chi connectivity index (χ2n) is 4.73. The lowest BCUT2D eigenvalue weighted by molar-refractivity contribution is 0.0628. The molecule has 2 aliphatic rings. The van der Waals surface area contributed by atoms with Gasteiger partial charge in [0.05, 0.1) is 12.7 Å². The number of likely N-dealkylation sites (tertiary alicyclic amines) is 1. The predicted molar refractivity (Wildman–Crippen MR) is 58.9 cm³/mol. The van der Waals surface area contributed by atoms with E-state index in [1.54, 1.807) is 7.11 Å². The zero-order valence-electron chi connectivity index (χ0n) is 9.48. The van der Waals surface area contributed by atoms with Crippen LogP contribution in [0.25, 0.3) is 0 Å². The Bertz CT molecular complexity index is 197. The molecule has 2 rings (SSSR count). The van der Waals surface area contributed by atoms with E-state index in [1.807, 2.05) is 0 Å². The van der Waals surface area contributed by atoms with Crippen LogP contribution in [0.4, 0.5) is 0 Å². The number of aliphatic hydroxyl groups is 1. The minimum absolute atomic E-state index is 0.370. The first-order valence-corrected chi connectivity index (χ1v) is 5.94. The maximum atomic E-state index is 9.50. The quantitative estimate of drug-likeness (QED) is 0.644. The summed E-state index contributed by atoms with van der Waals surface area (Å²) in [7, 11) is 1.62. The van der Waals surface area contributed by atoms with Gasteiger partial charge >= 0.3 is 0 Å². The number of ether oxygens (including phenoxy) is 1. The van der Waals surface area contributed by atoms with Gasteiger partial charge in [-0.05, 0) is 19.3 Å². The van der Waals surface area contributed by atoms with Crippen molar-refractivity contribution in [3.05, 3.63) is 0 Å². The van der Waals surface area contributed by atoms with Gasteiger partial charge < -0.3 is 15.2 Å². The summed E-state index contributed by atoms with van der Waals surface area (Å²) in [6.07, 6.45) is 3.62. The normalized spacial score (nSPS) is 29.6. The first-order valence-electron chi connectivity index (χ1n) is 5.94. The van der Waals surface area contributed by atoms with E-state index in [-0.39, 0.29) is 6.10 Å². The average Bonchev–Trinajstić information content (AvgIpc) is 2.96. The second-order valence-corrected chi connectivity index (χ2v) is 4.73. The topological polar surface area (TPSA) is 44.7 Å². The Kier molecular flexibility index (Phi) is 3.97. The fourth-order valence-corrected chi connectivity index (χ4v) is 2.28. The highest BCUT2D eigenvalue weighted by atomic mass is 16.5. The molecule has 2 fully saturated rings. The maximum absolute atomic E-state index is 9.50. The van der Waals surface area contributed by atoms with Crippen LogP contribution in [0.5, 0.6) is 0 Å². The molecule has 4 heteroatoms. The minimum Gasteiger partial charge on any atom is -0.389 e. The van der Waals surface area contributed by atoms with E-state index in [0.717, 1.165) is 12.6 Å². The first-order chi connectivity index (χ1) is 7.29. The Balaban J connectivity index is 1.59. The van der Waals surface area contributed by atoms with Crippen molar-refractivity contribution in [1.29, 1.82) is 0 Å². The fraction of sp³-hybridized carbons (Fsp3) is 1.00. The van der Waals surface area contributed by atoms with Gasteiger partial charge in [0.15, 0.2) is 0 Å². The van der Waals surface area contributed by atoms with Crippen molar-refractivity contribution < 1.29 is 9.84 Å². The zero-order chi connectivity index (χ0) is 10.7. The molecular formula is C11H22N2O2. The molecule has 1 saturated carbocycles. The lowest BCUT2D eigenvalue weighted by Gasteiger charge is -2.17. The Morgan fingerprint density at radius 3 is 2.93 bits per heavy atom. The summed E-state index contributed by atoms with van der Waals surface area (Å²) >= 11 is 0. The van der Waals surface area contributed by atoms with Crippen LogP contribution in [-0.4, -0.2) is 61.5 Å². The first kappa shape index (κ1) is 11.3. The summed E-state index contributed by atoms with van der Waals surface area (Å²) in [6, 6.07) is 1.44. The highest BCUT2D eigenvalue weighted by molar-refractivity contribution is 4.91. The van der Waals surface area contributed by atoms with E-state index in [4.69, 9.17) is 4.74 Å². The number of rotatable bonds is 6. The molecule has 4 nitrogen and oxygen atoms in total. The number of aliphatic hydroxyl groups excluding tert-OH is 1. The number of nitrogens with one attached hydrogen (secondary N) is 1. The lowest BCUT2D eigenvalue weighted by Crippen LogP contribution is -2.39. The Hall–Kier alpha value is -0.160. The van der Waals surface area contributed by atoms with E-state index in [1.165, 1.54) is 25.8 Å². The zero-order valence-corrected chi connectivity index (χ0v) is 9.48. The third-order valence-corrected chi connectivity index (χ3v) is 3.28. The molecule has 0 spiro atoms. The largest absolute Gasteiger partial charge is 0.389 e. The molecule has 15 heavy (non-hydrogen) atoms. The third-order valence-electron chi connectivity index (χ3n) is 3.28. The van der Waals surface area contributed by atoms with Crippen molar-refractivity contribution in [2.45, 2.75) is 37.5 Å². The molecule has 2 N–H and O–H groups in total. The van der Waals surface area contributed by atoms with Gasteiger partial charge in [0.25, 0.3) is 0 Å². The lowest BCUT2D eigenvalue weighted by atomic mass is 10.2. The predicted octanol–water partition coefficient (Wildman–Crippen LogP) is -0.180. The summed E-state index contributed by atoms with van der Waals surface area (Å²) in [6.45, 7) is 3.45. The molecular weight excluding hydrogens is 192 g/mol. The highest BCUT2D eigenvalue weighted by Crippen LogP contribution is 2.29. The van der Waals surface area contributed by atoms with Crippen LogP contribution in [0, 0.1) is 0 Å². The van der Waals surface area contributed by atoms with Crippen LogP contribution in [0.1, 0.15) is 19.3 Å². The van der Waals surface area contributed by atoms with Crippen LogP contribution in [-0.2, 0) is 4.74 Å². The number of nitrogens with zero attached hydrogens (tertiary/aromatic N) is 1. The van der Waals surface area contributed by atoms with E-state index >= 15 is 0 Å². The fourth-order valence-electron chi connectivity index (χ4n) is 2.28. The summed E-state index contributed by atoms with van der Waals surface area (Å²) in [5.74, 6) is 0. The molecule has 1 heterocycles. The van der Waals surface area contributed by atoms with Crippen molar-refractivity contribution >= 4 is 0 Å². The summed E-state index contributed by atoms with van der Waals surface area (Å²) in [5, 5.41) is 12.9. The van der Waals surface area contributed by atoms with Crippen LogP contribution >= 0.6 is 0 Å². The van der Waals surface area contributed by atoms with Gasteiger partial charge in [-0.3, -0.25) is 4.90 Å². The molecule has 1 aliphatic carbocycles. The Morgan fingerprint density at radius 2 is 2.27 bits per heavy atom. The maximum Gasteiger partial charge on any atom is 0.0897 e. The van der Waals surface area contributed by atoms with Crippen LogP contribution in [0.2, 0.25) is 0 Å². The summed E-state index contributed by atoms with van der Waals surface area (Å²) < 4.78 is 4.89. The summed E-state index contributed by atoms with van der Waals surface area (Å²) in [4.78, 5) is 2.57. The van der Waals surface area contributed by atoms with Crippen LogP contribution in [0.15, 0.2) is 0 Å². The van der Waals surface area contributed by atoms with Crippen molar-refractivity contribution in [3.63, 3.8) is 0 Å². The minimum atomic E-state index is -0.370. The smallest absolute Gasteiger partial charge is 0.0897 e. The highest BCUT2D eigenvalue weighted by Gasteiger charge is 2.34. The molecule has 1 saturated heterocycles. The van der Waals surface area contributed by atoms with E-state index < -0.39 is 0 Å². The van der Waals surface area contributed by atoms with Crippen LogP contribution < -0.4 is 5.32 Å². The van der Waals surface area contributed by atoms with Gasteiger partial charge in [-0.2, -0.15) is 0 Å². The van der Waals surface area contributed by atoms with Gasteiger partial charge in [0, 0.05) is 38.8 Å². The van der Waals surface area contributed by atoms with Gasteiger partial charge in [0.2, 0.25) is 0 Å². The molecule has 0 amide bonds. The monoisotopic (exact) mass is 214 g/mol. The van der Waals surface area contributed by atoms with Crippen LogP contribution in [0.3, 0.4) is 0 Å². The molecule has 88 valence electrons. The Morgan fingerprint density at radius 1 is 1.47 bits per heavy atom. The molecule has 1 aliphatic heterocycles. The van der Waals surface area contributed by atoms with Crippen molar-refractivity contribution in [2.24, 2.45) is 0 Å². The molecule has 0 aromatic heterocycles. The van der Waals surface area contributed by atoms with Crippen molar-refractivity contribution in [3.8, 4) is 0 Å². The number of hydrogen-bond acceptors (Lipinski definition) is 4. The molecule has 0 aromatic carbocycles. The second kappa shape index (κ2) is 5.25. The number of hydrogen-bond donors (Lipinski definition) is 2. The van der Waals surface area contributed by atoms with E-state index in [0.29, 0.717) is 19.2 Å². The molecule has 0 bridgehead atoms. The van der Waals surface area contributed by atoms with E-state index in [2.05, 4.69) is 10.2 Å². The standard InChI is InChI=1S/C11H22N2O2/c1-15-8-11(14)6-12-9-4-5-13(7-9)10-2-3-10/h9-12,14H,2-8H2,1H3. The van der Waals surface area contributed by atoms with Gasteiger partial charge in [-0.25, -0.2) is 0 Å². The Labute approximate surface area is 91.6 Å². The van der Waals surface area contributed by atoms with E-state index in [9.17, 15) is 5.11 Å². The van der Waals surface area contributed by atoms with Gasteiger partial charge in [-0.1, -0.05) is 0 Å². The molecule has 2 atom stereocenters.